The summed E-state index contributed by atoms with van der Waals surface area (Å²) in [5.74, 6) is 0. The molecular weight excluding hydrogens is 507 g/mol. The predicted octanol–water partition coefficient (Wildman–Crippen LogP) is -0.993. The molecule has 2 rings (SSSR count). The van der Waals surface area contributed by atoms with Crippen molar-refractivity contribution in [3.8, 4) is 0 Å². The smallest absolute Gasteiger partial charge is 0.388 e. The first-order valence-electron chi connectivity index (χ1n) is 8.18. The van der Waals surface area contributed by atoms with E-state index in [1.165, 1.54) is 7.05 Å². The summed E-state index contributed by atoms with van der Waals surface area (Å²) >= 11 is 0. The Morgan fingerprint density at radius 1 is 1.22 bits per heavy atom. The number of hydrogen-bond donors (Lipinski definition) is 5. The lowest BCUT2D eigenvalue weighted by molar-refractivity contribution is -0.0226. The summed E-state index contributed by atoms with van der Waals surface area (Å²) in [5.41, 5.74) is -1.97. The van der Waals surface area contributed by atoms with Gasteiger partial charge in [0.1, 0.15) is 18.3 Å². The summed E-state index contributed by atoms with van der Waals surface area (Å²) in [5, 5.41) is 12.9. The molecule has 0 aliphatic carbocycles. The second-order valence-corrected chi connectivity index (χ2v) is 10.9. The Kier molecular flexibility index (Phi) is 8.27. The second-order valence-electron chi connectivity index (χ2n) is 6.18. The van der Waals surface area contributed by atoms with Crippen LogP contribution < -0.4 is 11.2 Å². The molecule has 6 unspecified atom stereocenters. The molecule has 0 amide bonds. The number of aliphatic hydroxyl groups excluding tert-OH is 1. The first-order valence-corrected chi connectivity index (χ1v) is 12.7. The summed E-state index contributed by atoms with van der Waals surface area (Å²) in [7, 11) is -14.3. The number of aromatic amines is 1. The molecule has 5 N–H and O–H groups in total. The van der Waals surface area contributed by atoms with Gasteiger partial charge in [-0.3, -0.25) is 18.8 Å². The molecule has 0 radical (unpaired) electrons. The average molecular weight is 525 g/mol. The monoisotopic (exact) mass is 525 g/mol. The van der Waals surface area contributed by atoms with Crippen molar-refractivity contribution in [1.29, 1.82) is 0 Å². The van der Waals surface area contributed by atoms with E-state index >= 15 is 0 Å². The number of phosphoric acid groups is 3. The van der Waals surface area contributed by atoms with Crippen LogP contribution in [0.4, 0.5) is 0 Å². The van der Waals surface area contributed by atoms with Crippen LogP contribution in [0.5, 0.6) is 0 Å². The van der Waals surface area contributed by atoms with Crippen LogP contribution in [0.2, 0.25) is 0 Å². The Labute approximate surface area is 177 Å². The molecule has 32 heavy (non-hydrogen) atoms. The van der Waals surface area contributed by atoms with E-state index in [0.717, 1.165) is 10.8 Å². The third kappa shape index (κ3) is 6.57. The van der Waals surface area contributed by atoms with Gasteiger partial charge in [0.05, 0.1) is 12.2 Å². The highest BCUT2D eigenvalue weighted by Gasteiger charge is 2.49. The third-order valence-corrected chi connectivity index (χ3v) is 8.16. The van der Waals surface area contributed by atoms with Gasteiger partial charge < -0.3 is 29.1 Å². The first-order chi connectivity index (χ1) is 14.6. The van der Waals surface area contributed by atoms with Crippen LogP contribution in [0.1, 0.15) is 11.7 Å². The minimum Gasteiger partial charge on any atom is -0.388 e. The molecule has 0 spiro atoms. The summed E-state index contributed by atoms with van der Waals surface area (Å²) < 4.78 is 57.3. The zero-order chi connectivity index (χ0) is 24.5. The number of hydrogen-bond acceptors (Lipinski definition) is 13. The van der Waals surface area contributed by atoms with E-state index in [-0.39, 0.29) is 5.56 Å². The highest BCUT2D eigenvalue weighted by molar-refractivity contribution is 7.67. The van der Waals surface area contributed by atoms with Crippen molar-refractivity contribution < 1.29 is 55.9 Å². The molecule has 0 saturated carbocycles. The Morgan fingerprint density at radius 2 is 1.84 bits per heavy atom. The van der Waals surface area contributed by atoms with Crippen LogP contribution in [0.15, 0.2) is 21.0 Å². The Bertz CT molecular complexity index is 1110. The summed E-state index contributed by atoms with van der Waals surface area (Å²) in [6.45, 7) is -1.01. The minimum atomic E-state index is -5.48. The van der Waals surface area contributed by atoms with Crippen LogP contribution in [-0.2, 0) is 43.1 Å². The lowest BCUT2D eigenvalue weighted by Gasteiger charge is -2.20. The molecule has 0 bridgehead atoms. The third-order valence-electron chi connectivity index (χ3n) is 3.96. The van der Waals surface area contributed by atoms with Crippen molar-refractivity contribution in [2.75, 3.05) is 13.7 Å². The molecular formula is C11H18N3O15P3. The average Bonchev–Trinajstić information content (AvgIpc) is 2.96. The number of phosphoric ester groups is 1. The highest BCUT2D eigenvalue weighted by Crippen LogP contribution is 2.68. The van der Waals surface area contributed by atoms with E-state index < -0.39 is 65.7 Å². The van der Waals surface area contributed by atoms with Crippen molar-refractivity contribution in [2.45, 2.75) is 24.4 Å². The Morgan fingerprint density at radius 3 is 2.38 bits per heavy atom. The molecule has 21 heteroatoms. The van der Waals surface area contributed by atoms with Gasteiger partial charge in [0, 0.05) is 20.4 Å². The SMILES string of the molecule is COP(=O)(OP(=O)(O)O)OP(=O)(O)OCC1OC(c2cn(C)c(=O)[nH]c2=O)C(N=O)C1O. The zero-order valence-electron chi connectivity index (χ0n) is 16.1. The van der Waals surface area contributed by atoms with Gasteiger partial charge in [0.25, 0.3) is 5.56 Å². The number of nitrogens with zero attached hydrogens (tertiary/aromatic N) is 2. The number of nitroso groups, excluding NO2 is 1. The van der Waals surface area contributed by atoms with Gasteiger partial charge in [-0.25, -0.2) is 18.5 Å². The maximum absolute atomic E-state index is 12.0. The largest absolute Gasteiger partial charge is 0.492 e. The molecule has 1 fully saturated rings. The Hall–Kier alpha value is -1.39. The fourth-order valence-electron chi connectivity index (χ4n) is 2.58. The number of nitrogens with one attached hydrogen (secondary N) is 1. The number of H-pyrrole nitrogens is 1. The molecule has 1 aliphatic rings. The van der Waals surface area contributed by atoms with Crippen LogP contribution in [0.25, 0.3) is 0 Å². The molecule has 0 aromatic carbocycles. The maximum Gasteiger partial charge on any atom is 0.492 e. The topological polar surface area (TPSA) is 263 Å². The Balaban J connectivity index is 2.17. The number of rotatable bonds is 10. The van der Waals surface area contributed by atoms with Gasteiger partial charge in [-0.2, -0.15) is 13.5 Å². The van der Waals surface area contributed by atoms with Crippen LogP contribution >= 0.6 is 23.5 Å². The van der Waals surface area contributed by atoms with Gasteiger partial charge in [-0.1, -0.05) is 5.18 Å². The number of aromatic nitrogens is 2. The molecule has 182 valence electrons. The van der Waals surface area contributed by atoms with Gasteiger partial charge in [0.15, 0.2) is 6.04 Å². The number of ether oxygens (including phenoxy) is 1. The number of aryl methyl sites for hydroxylation is 1. The zero-order valence-corrected chi connectivity index (χ0v) is 18.8. The van der Waals surface area contributed by atoms with Crippen molar-refractivity contribution in [2.24, 2.45) is 12.2 Å². The molecule has 2 heterocycles. The summed E-state index contributed by atoms with van der Waals surface area (Å²) in [6.07, 6.45) is -3.77. The summed E-state index contributed by atoms with van der Waals surface area (Å²) in [4.78, 5) is 63.7. The van der Waals surface area contributed by atoms with E-state index in [4.69, 9.17) is 14.5 Å². The fourth-order valence-corrected chi connectivity index (χ4v) is 6.07. The molecule has 1 aromatic rings. The van der Waals surface area contributed by atoms with Gasteiger partial charge in [-0.15, -0.1) is 0 Å². The fraction of sp³-hybridized carbons (Fsp3) is 0.636. The predicted molar refractivity (Wildman–Crippen MR) is 100 cm³/mol. The molecule has 1 saturated heterocycles. The van der Waals surface area contributed by atoms with Gasteiger partial charge in [-0.05, 0) is 0 Å². The quantitative estimate of drug-likeness (QED) is 0.181. The summed E-state index contributed by atoms with van der Waals surface area (Å²) in [6, 6.07) is -1.59. The molecule has 6 atom stereocenters. The molecule has 1 aliphatic heterocycles. The normalized spacial score (nSPS) is 27.6. The van der Waals surface area contributed by atoms with Crippen LogP contribution in [-0.4, -0.2) is 61.3 Å². The lowest BCUT2D eigenvalue weighted by Crippen LogP contribution is -2.34. The van der Waals surface area contributed by atoms with E-state index in [1.807, 2.05) is 4.98 Å². The van der Waals surface area contributed by atoms with Crippen molar-refractivity contribution in [3.63, 3.8) is 0 Å². The van der Waals surface area contributed by atoms with E-state index in [1.54, 1.807) is 0 Å². The highest BCUT2D eigenvalue weighted by atomic mass is 31.3. The van der Waals surface area contributed by atoms with Gasteiger partial charge >= 0.3 is 29.2 Å². The number of aliphatic hydroxyl groups is 1. The molecule has 1 aromatic heterocycles. The lowest BCUT2D eigenvalue weighted by atomic mass is 10.0. The van der Waals surface area contributed by atoms with Gasteiger partial charge in [0.2, 0.25) is 0 Å². The maximum atomic E-state index is 12.0. The van der Waals surface area contributed by atoms with E-state index in [9.17, 15) is 38.2 Å². The minimum absolute atomic E-state index is 0.263. The van der Waals surface area contributed by atoms with Crippen molar-refractivity contribution >= 4 is 23.5 Å². The van der Waals surface area contributed by atoms with Crippen LogP contribution in [0, 0.1) is 4.91 Å². The van der Waals surface area contributed by atoms with E-state index in [0.29, 0.717) is 7.11 Å². The standard InChI is InChI=1S/C11H18N3O15P3/c1-14-3-5(10(16)12-11(14)17)9-7(13-18)8(15)6(27-9)4-26-31(22,23)29-32(24,25-2)28-30(19,20)21/h3,6-9,15H,4H2,1-2H3,(H,22,23)(H,12,16,17)(H2,19,20,21). The first kappa shape index (κ1) is 26.9. The second kappa shape index (κ2) is 9.85. The van der Waals surface area contributed by atoms with Crippen molar-refractivity contribution in [1.82, 2.24) is 9.55 Å². The molecule has 18 nitrogen and oxygen atoms in total. The van der Waals surface area contributed by atoms with Crippen molar-refractivity contribution in [3.05, 3.63) is 37.5 Å². The van der Waals surface area contributed by atoms with Crippen LogP contribution in [0.3, 0.4) is 0 Å². The van der Waals surface area contributed by atoms with E-state index in [2.05, 4.69) is 22.8 Å².